The van der Waals surface area contributed by atoms with Crippen LogP contribution in [-0.2, 0) is 0 Å². The van der Waals surface area contributed by atoms with E-state index in [1.807, 2.05) is 6.92 Å². The maximum atomic E-state index is 10.6. The van der Waals surface area contributed by atoms with Gasteiger partial charge in [0.15, 0.2) is 0 Å². The lowest BCUT2D eigenvalue weighted by molar-refractivity contribution is 0.0986. The summed E-state index contributed by atoms with van der Waals surface area (Å²) in [6, 6.07) is 1.02. The van der Waals surface area contributed by atoms with Gasteiger partial charge in [0.25, 0.3) is 0 Å². The number of nitrogens with one attached hydrogen (secondary N) is 1. The zero-order valence-electron chi connectivity index (χ0n) is 6.45. The highest BCUT2D eigenvalue weighted by atomic mass is 16.4. The third-order valence-corrected chi connectivity index (χ3v) is 2.69. The quantitative estimate of drug-likeness (QED) is 0.523. The van der Waals surface area contributed by atoms with Crippen LogP contribution in [0.25, 0.3) is 0 Å². The Hall–Kier alpha value is -0.770. The first-order chi connectivity index (χ1) is 5.20. The van der Waals surface area contributed by atoms with Gasteiger partial charge < -0.3 is 15.3 Å². The molecule has 0 radical (unpaired) electrons. The number of carbonyl (C=O) groups is 1. The smallest absolute Gasteiger partial charge is 0.407 e. The molecule has 2 rings (SSSR count). The van der Waals surface area contributed by atoms with Gasteiger partial charge in [-0.2, -0.15) is 0 Å². The Morgan fingerprint density at radius 1 is 1.73 bits per heavy atom. The molecule has 3 atom stereocenters. The van der Waals surface area contributed by atoms with Crippen molar-refractivity contribution in [2.45, 2.75) is 31.5 Å². The van der Waals surface area contributed by atoms with Crippen molar-refractivity contribution >= 4 is 6.09 Å². The van der Waals surface area contributed by atoms with E-state index in [1.54, 1.807) is 4.90 Å². The van der Waals surface area contributed by atoms with E-state index in [-0.39, 0.29) is 6.04 Å². The molecule has 2 aliphatic rings. The van der Waals surface area contributed by atoms with Gasteiger partial charge in [0.05, 0.1) is 6.04 Å². The number of hydrogen-bond donors (Lipinski definition) is 2. The molecule has 0 aliphatic carbocycles. The van der Waals surface area contributed by atoms with Crippen molar-refractivity contribution in [1.29, 1.82) is 0 Å². The highest BCUT2D eigenvalue weighted by Gasteiger charge is 2.47. The summed E-state index contributed by atoms with van der Waals surface area (Å²) in [7, 11) is 0. The minimum atomic E-state index is -0.772. The monoisotopic (exact) mass is 156 g/mol. The number of fused-ring (bicyclic) bond motifs is 1. The second-order valence-corrected chi connectivity index (χ2v) is 3.32. The highest BCUT2D eigenvalue weighted by Crippen LogP contribution is 2.28. The van der Waals surface area contributed by atoms with Crippen LogP contribution in [0.4, 0.5) is 4.79 Å². The Bertz CT molecular complexity index is 195. The Morgan fingerprint density at radius 2 is 2.45 bits per heavy atom. The van der Waals surface area contributed by atoms with E-state index in [2.05, 4.69) is 5.32 Å². The van der Waals surface area contributed by atoms with Gasteiger partial charge in [-0.05, 0) is 13.3 Å². The van der Waals surface area contributed by atoms with Crippen LogP contribution in [0.15, 0.2) is 0 Å². The molecule has 0 bridgehead atoms. The molecule has 4 nitrogen and oxygen atoms in total. The van der Waals surface area contributed by atoms with E-state index in [4.69, 9.17) is 5.11 Å². The second kappa shape index (κ2) is 2.11. The third kappa shape index (κ3) is 0.822. The molecule has 2 fully saturated rings. The predicted octanol–water partition coefficient (Wildman–Crippen LogP) is 0.0990. The van der Waals surface area contributed by atoms with Crippen molar-refractivity contribution in [3.8, 4) is 0 Å². The highest BCUT2D eigenvalue weighted by molar-refractivity contribution is 5.66. The average Bonchev–Trinajstić information content (AvgIpc) is 2.25. The van der Waals surface area contributed by atoms with Gasteiger partial charge in [0.1, 0.15) is 0 Å². The van der Waals surface area contributed by atoms with Gasteiger partial charge in [0, 0.05) is 18.6 Å². The minimum absolute atomic E-state index is 0.243. The van der Waals surface area contributed by atoms with Gasteiger partial charge in [-0.15, -0.1) is 0 Å². The van der Waals surface area contributed by atoms with E-state index >= 15 is 0 Å². The molecule has 0 aromatic heterocycles. The van der Waals surface area contributed by atoms with Crippen molar-refractivity contribution in [2.24, 2.45) is 0 Å². The Kier molecular flexibility index (Phi) is 1.32. The van der Waals surface area contributed by atoms with Crippen LogP contribution in [-0.4, -0.2) is 40.8 Å². The molecule has 0 aromatic carbocycles. The SMILES string of the molecule is C[C@H]1N[C@@H]2CCN(C(=O)O)[C@H]12. The molecule has 0 saturated carbocycles. The summed E-state index contributed by atoms with van der Waals surface area (Å²) in [5, 5.41) is 12.0. The summed E-state index contributed by atoms with van der Waals surface area (Å²) < 4.78 is 0. The molecule has 11 heavy (non-hydrogen) atoms. The molecule has 0 aromatic rings. The van der Waals surface area contributed by atoms with Gasteiger partial charge in [-0.3, -0.25) is 0 Å². The first-order valence-corrected chi connectivity index (χ1v) is 3.96. The number of hydrogen-bond acceptors (Lipinski definition) is 2. The van der Waals surface area contributed by atoms with Crippen LogP contribution in [0.5, 0.6) is 0 Å². The fraction of sp³-hybridized carbons (Fsp3) is 0.857. The fourth-order valence-corrected chi connectivity index (χ4v) is 2.16. The molecule has 2 N–H and O–H groups in total. The Labute approximate surface area is 65.2 Å². The summed E-state index contributed by atoms with van der Waals surface area (Å²) in [5.41, 5.74) is 0. The summed E-state index contributed by atoms with van der Waals surface area (Å²) >= 11 is 0. The molecule has 2 heterocycles. The van der Waals surface area contributed by atoms with Crippen molar-refractivity contribution in [1.82, 2.24) is 10.2 Å². The zero-order valence-corrected chi connectivity index (χ0v) is 6.45. The van der Waals surface area contributed by atoms with Crippen LogP contribution in [0, 0.1) is 0 Å². The maximum Gasteiger partial charge on any atom is 0.407 e. The molecule has 2 saturated heterocycles. The van der Waals surface area contributed by atoms with E-state index in [1.165, 1.54) is 0 Å². The lowest BCUT2D eigenvalue weighted by Gasteiger charge is -2.42. The van der Waals surface area contributed by atoms with Crippen molar-refractivity contribution < 1.29 is 9.90 Å². The number of carboxylic acid groups (broad SMARTS) is 1. The number of nitrogens with zero attached hydrogens (tertiary/aromatic N) is 1. The molecule has 2 aliphatic heterocycles. The van der Waals surface area contributed by atoms with E-state index in [0.717, 1.165) is 6.42 Å². The van der Waals surface area contributed by atoms with Crippen LogP contribution in [0.2, 0.25) is 0 Å². The van der Waals surface area contributed by atoms with E-state index in [9.17, 15) is 4.79 Å². The maximum absolute atomic E-state index is 10.6. The second-order valence-electron chi connectivity index (χ2n) is 3.32. The standard InChI is InChI=1S/C7H12N2O2/c1-4-6-5(8-4)2-3-9(6)7(10)11/h4-6,8H,2-3H2,1H3,(H,10,11)/t4-,5-,6-/m1/s1. The van der Waals surface area contributed by atoms with Crippen LogP contribution >= 0.6 is 0 Å². The van der Waals surface area contributed by atoms with Gasteiger partial charge >= 0.3 is 6.09 Å². The minimum Gasteiger partial charge on any atom is -0.465 e. The van der Waals surface area contributed by atoms with Crippen LogP contribution in [0.1, 0.15) is 13.3 Å². The predicted molar refractivity (Wildman–Crippen MR) is 39.5 cm³/mol. The number of amides is 1. The largest absolute Gasteiger partial charge is 0.465 e. The van der Waals surface area contributed by atoms with E-state index in [0.29, 0.717) is 18.6 Å². The summed E-state index contributed by atoms with van der Waals surface area (Å²) in [6.45, 7) is 2.73. The summed E-state index contributed by atoms with van der Waals surface area (Å²) in [6.07, 6.45) is 0.201. The molecular formula is C7H12N2O2. The fourth-order valence-electron chi connectivity index (χ4n) is 2.16. The van der Waals surface area contributed by atoms with Crippen molar-refractivity contribution in [3.63, 3.8) is 0 Å². The van der Waals surface area contributed by atoms with Crippen LogP contribution in [0.3, 0.4) is 0 Å². The molecule has 0 spiro atoms. The number of likely N-dealkylation sites (tertiary alicyclic amines) is 1. The normalized spacial score (nSPS) is 41.5. The molecule has 0 unspecified atom stereocenters. The molecule has 62 valence electrons. The first-order valence-electron chi connectivity index (χ1n) is 3.96. The average molecular weight is 156 g/mol. The summed E-state index contributed by atoms with van der Waals surface area (Å²) in [5.74, 6) is 0. The summed E-state index contributed by atoms with van der Waals surface area (Å²) in [4.78, 5) is 12.2. The van der Waals surface area contributed by atoms with Crippen molar-refractivity contribution in [3.05, 3.63) is 0 Å². The third-order valence-electron chi connectivity index (χ3n) is 2.69. The molecular weight excluding hydrogens is 144 g/mol. The van der Waals surface area contributed by atoms with Gasteiger partial charge in [-0.1, -0.05) is 0 Å². The van der Waals surface area contributed by atoms with Crippen molar-refractivity contribution in [2.75, 3.05) is 6.54 Å². The first kappa shape index (κ1) is 6.91. The number of rotatable bonds is 0. The Morgan fingerprint density at radius 3 is 2.91 bits per heavy atom. The van der Waals surface area contributed by atoms with Gasteiger partial charge in [0.2, 0.25) is 0 Å². The van der Waals surface area contributed by atoms with Gasteiger partial charge in [-0.25, -0.2) is 4.79 Å². The van der Waals surface area contributed by atoms with Crippen LogP contribution < -0.4 is 5.32 Å². The molecule has 1 amide bonds. The zero-order chi connectivity index (χ0) is 8.01. The lowest BCUT2D eigenvalue weighted by Crippen LogP contribution is -2.66. The topological polar surface area (TPSA) is 52.6 Å². The Balaban J connectivity index is 2.08. The molecule has 4 heteroatoms. The lowest BCUT2D eigenvalue weighted by atomic mass is 9.92. The van der Waals surface area contributed by atoms with E-state index < -0.39 is 6.09 Å².